The largest absolute Gasteiger partial charge is 0.662 e. The molecule has 0 N–H and O–H groups in total. The molecule has 3 heteroatoms. The fourth-order valence-electron chi connectivity index (χ4n) is 3.67. The number of rotatable bonds is 0. The van der Waals surface area contributed by atoms with Gasteiger partial charge in [0, 0.05) is 31.7 Å². The van der Waals surface area contributed by atoms with Crippen LogP contribution in [0.2, 0.25) is 0 Å². The normalized spacial score (nSPS) is 12.7. The molecule has 4 aromatic rings. The Kier molecular flexibility index (Phi) is 4.53. The number of aromatic nitrogens is 2. The van der Waals surface area contributed by atoms with Crippen molar-refractivity contribution in [3.8, 4) is 0 Å². The van der Waals surface area contributed by atoms with E-state index < -0.39 is 0 Å². The van der Waals surface area contributed by atoms with Crippen molar-refractivity contribution < 1.29 is 20.1 Å². The van der Waals surface area contributed by atoms with Gasteiger partial charge in [-0.1, -0.05) is 65.3 Å². The van der Waals surface area contributed by atoms with E-state index in [0.29, 0.717) is 0 Å². The Morgan fingerprint density at radius 1 is 0.846 bits per heavy atom. The number of benzene rings is 2. The second-order valence-electron chi connectivity index (χ2n) is 9.06. The average Bonchev–Trinajstić information content (AvgIpc) is 2.99. The van der Waals surface area contributed by atoms with Crippen LogP contribution in [-0.4, -0.2) is 4.98 Å². The van der Waals surface area contributed by atoms with Crippen molar-refractivity contribution in [1.82, 2.24) is 9.97 Å². The van der Waals surface area contributed by atoms with Crippen LogP contribution in [0.15, 0.2) is 42.7 Å². The summed E-state index contributed by atoms with van der Waals surface area (Å²) in [6.07, 6.45) is 3.91. The van der Waals surface area contributed by atoms with E-state index >= 15 is 0 Å². The molecule has 0 aliphatic rings. The maximum atomic E-state index is 4.77. The van der Waals surface area contributed by atoms with Crippen LogP contribution in [-0.2, 0) is 30.9 Å². The molecule has 0 aliphatic heterocycles. The number of fused-ring (bicyclic) bond motifs is 6. The summed E-state index contributed by atoms with van der Waals surface area (Å²) in [6, 6.07) is 11.1. The van der Waals surface area contributed by atoms with Gasteiger partial charge in [-0.3, -0.25) is 4.98 Å². The Morgan fingerprint density at radius 2 is 1.58 bits per heavy atom. The van der Waals surface area contributed by atoms with E-state index in [1.165, 1.54) is 32.7 Å². The summed E-state index contributed by atoms with van der Waals surface area (Å²) in [5.74, 6) is 0. The molecule has 1 radical (unpaired) electrons. The van der Waals surface area contributed by atoms with Gasteiger partial charge in [-0.25, -0.2) is 0 Å². The summed E-state index contributed by atoms with van der Waals surface area (Å²) in [7, 11) is 0. The molecule has 0 amide bonds. The summed E-state index contributed by atoms with van der Waals surface area (Å²) < 4.78 is 0. The summed E-state index contributed by atoms with van der Waals surface area (Å²) in [5.41, 5.74) is 4.84. The van der Waals surface area contributed by atoms with Gasteiger partial charge in [0.2, 0.25) is 0 Å². The van der Waals surface area contributed by atoms with Crippen molar-refractivity contribution in [2.24, 2.45) is 0 Å². The van der Waals surface area contributed by atoms with Crippen LogP contribution in [0.25, 0.3) is 32.6 Å². The molecule has 0 bridgehead atoms. The van der Waals surface area contributed by atoms with Gasteiger partial charge in [-0.2, -0.15) is 6.20 Å². The van der Waals surface area contributed by atoms with E-state index in [1.54, 1.807) is 0 Å². The van der Waals surface area contributed by atoms with Gasteiger partial charge in [-0.15, -0.1) is 5.52 Å². The van der Waals surface area contributed by atoms with Crippen LogP contribution in [0, 0.1) is 0 Å². The van der Waals surface area contributed by atoms with Gasteiger partial charge in [-0.05, 0) is 44.7 Å². The Balaban J connectivity index is 0.00000196. The molecule has 2 aromatic heterocycles. The molecule has 4 rings (SSSR count). The third kappa shape index (κ3) is 2.88. The van der Waals surface area contributed by atoms with Crippen LogP contribution < -0.4 is 4.98 Å². The molecular formula is C23H25IrN2-. The van der Waals surface area contributed by atoms with Gasteiger partial charge in [0.05, 0.1) is 5.52 Å². The molecule has 2 heterocycles. The standard InChI is InChI=1S/C23H25N2.Ir/c1-22(2,3)14-9-10-15-17(12-14)16-8-7-11-24-20(16)21-19(15)18(13-25-21)23(4,5)6;/h7-13H,1-6H3;/q-1;. The van der Waals surface area contributed by atoms with Gasteiger partial charge >= 0.3 is 0 Å². The third-order valence-corrected chi connectivity index (χ3v) is 5.11. The zero-order chi connectivity index (χ0) is 18.0. The number of nitrogens with zero attached hydrogens (tertiary/aromatic N) is 2. The van der Waals surface area contributed by atoms with Gasteiger partial charge in [0.1, 0.15) is 0 Å². The fourth-order valence-corrected chi connectivity index (χ4v) is 3.67. The number of pyridine rings is 1. The van der Waals surface area contributed by atoms with Crippen LogP contribution in [0.5, 0.6) is 0 Å². The quantitative estimate of drug-likeness (QED) is 0.262. The Labute approximate surface area is 168 Å². The van der Waals surface area contributed by atoms with Gasteiger partial charge in [0.15, 0.2) is 0 Å². The van der Waals surface area contributed by atoms with E-state index in [0.717, 1.165) is 11.0 Å². The second-order valence-corrected chi connectivity index (χ2v) is 9.06. The van der Waals surface area contributed by atoms with Crippen LogP contribution in [0.4, 0.5) is 0 Å². The fraction of sp³-hybridized carbons (Fsp3) is 0.348. The predicted molar refractivity (Wildman–Crippen MR) is 107 cm³/mol. The predicted octanol–water partition coefficient (Wildman–Crippen LogP) is 6.09. The minimum atomic E-state index is 0. The summed E-state index contributed by atoms with van der Waals surface area (Å²) in [6.45, 7) is 13.5. The van der Waals surface area contributed by atoms with Crippen molar-refractivity contribution in [2.45, 2.75) is 52.4 Å². The summed E-state index contributed by atoms with van der Waals surface area (Å²) in [5, 5.41) is 5.01. The molecule has 0 fully saturated rings. The first-order valence-corrected chi connectivity index (χ1v) is 8.95. The first kappa shape index (κ1) is 19.1. The molecule has 0 saturated carbocycles. The molecule has 0 unspecified atom stereocenters. The maximum Gasteiger partial charge on any atom is 0.0567 e. The molecule has 0 saturated heterocycles. The first-order valence-electron chi connectivity index (χ1n) is 8.95. The van der Waals surface area contributed by atoms with Crippen LogP contribution >= 0.6 is 0 Å². The first-order chi connectivity index (χ1) is 11.7. The monoisotopic (exact) mass is 522 g/mol. The smallest absolute Gasteiger partial charge is 0.0567 e. The van der Waals surface area contributed by atoms with E-state index in [2.05, 4.69) is 70.8 Å². The van der Waals surface area contributed by atoms with Crippen LogP contribution in [0.3, 0.4) is 0 Å². The molecular weight excluding hydrogens is 496 g/mol. The van der Waals surface area contributed by atoms with E-state index in [4.69, 9.17) is 4.98 Å². The topological polar surface area (TPSA) is 27.0 Å². The SMILES string of the molecule is CC(C)(C)c1ccc2c(c1)c1cccnc1c1[n-]cc(C(C)(C)C)c21.[Ir]. The Bertz CT molecular complexity index is 1110. The molecule has 0 spiro atoms. The molecule has 0 atom stereocenters. The van der Waals surface area contributed by atoms with Crippen molar-refractivity contribution in [2.75, 3.05) is 0 Å². The second kappa shape index (κ2) is 6.18. The molecule has 0 aliphatic carbocycles. The molecule has 137 valence electrons. The Hall–Kier alpha value is -1.70. The minimum absolute atomic E-state index is 0. The van der Waals surface area contributed by atoms with Gasteiger partial charge in [0.25, 0.3) is 0 Å². The van der Waals surface area contributed by atoms with Crippen molar-refractivity contribution in [3.05, 3.63) is 53.9 Å². The van der Waals surface area contributed by atoms with Crippen molar-refractivity contribution in [1.29, 1.82) is 0 Å². The zero-order valence-corrected chi connectivity index (χ0v) is 18.7. The summed E-state index contributed by atoms with van der Waals surface area (Å²) in [4.78, 5) is 9.46. The zero-order valence-electron chi connectivity index (χ0n) is 16.3. The van der Waals surface area contributed by atoms with E-state index in [-0.39, 0.29) is 30.9 Å². The van der Waals surface area contributed by atoms with Crippen molar-refractivity contribution >= 4 is 32.6 Å². The molecule has 2 aromatic carbocycles. The van der Waals surface area contributed by atoms with Crippen molar-refractivity contribution in [3.63, 3.8) is 0 Å². The van der Waals surface area contributed by atoms with E-state index in [9.17, 15) is 0 Å². The molecule has 2 nitrogen and oxygen atoms in total. The number of hydrogen-bond donors (Lipinski definition) is 0. The third-order valence-electron chi connectivity index (χ3n) is 5.11. The minimum Gasteiger partial charge on any atom is -0.662 e. The Morgan fingerprint density at radius 3 is 2.23 bits per heavy atom. The van der Waals surface area contributed by atoms with Crippen LogP contribution in [0.1, 0.15) is 52.7 Å². The van der Waals surface area contributed by atoms with E-state index in [1.807, 2.05) is 18.5 Å². The average molecular weight is 522 g/mol. The van der Waals surface area contributed by atoms with Gasteiger partial charge < -0.3 is 4.98 Å². The number of hydrogen-bond acceptors (Lipinski definition) is 1. The summed E-state index contributed by atoms with van der Waals surface area (Å²) >= 11 is 0. The maximum absolute atomic E-state index is 4.77. The molecule has 26 heavy (non-hydrogen) atoms.